The van der Waals surface area contributed by atoms with Crippen molar-refractivity contribution in [1.29, 1.82) is 0 Å². The van der Waals surface area contributed by atoms with E-state index >= 15 is 0 Å². The van der Waals surface area contributed by atoms with Gasteiger partial charge >= 0.3 is 0 Å². The Morgan fingerprint density at radius 2 is 2.43 bits per heavy atom. The van der Waals surface area contributed by atoms with Gasteiger partial charge in [0, 0.05) is 12.1 Å². The summed E-state index contributed by atoms with van der Waals surface area (Å²) in [7, 11) is 0. The van der Waals surface area contributed by atoms with E-state index in [1.165, 1.54) is 6.07 Å². The molecule has 4 heteroatoms. The van der Waals surface area contributed by atoms with Gasteiger partial charge in [-0.25, -0.2) is 4.39 Å². The second kappa shape index (κ2) is 3.55. The van der Waals surface area contributed by atoms with E-state index < -0.39 is 0 Å². The summed E-state index contributed by atoms with van der Waals surface area (Å²) in [5.74, 6) is -0.255. The second-order valence-electron chi connectivity index (χ2n) is 3.58. The molecule has 1 aromatic carbocycles. The molecular formula is C10H13FN2O. The molecule has 2 atom stereocenters. The average Bonchev–Trinajstić information content (AvgIpc) is 2.62. The molecule has 1 heterocycles. The fourth-order valence-corrected chi connectivity index (χ4v) is 1.76. The van der Waals surface area contributed by atoms with Crippen LogP contribution in [0.25, 0.3) is 0 Å². The number of fused-ring (bicyclic) bond motifs is 1. The molecule has 0 aliphatic carbocycles. The molecule has 3 nitrogen and oxygen atoms in total. The van der Waals surface area contributed by atoms with Gasteiger partial charge in [0.1, 0.15) is 5.82 Å². The molecule has 0 bridgehead atoms. The van der Waals surface area contributed by atoms with Crippen LogP contribution in [0, 0.1) is 5.82 Å². The van der Waals surface area contributed by atoms with Gasteiger partial charge in [0.2, 0.25) is 0 Å². The van der Waals surface area contributed by atoms with Gasteiger partial charge in [0.05, 0.1) is 12.3 Å². The third-order valence-corrected chi connectivity index (χ3v) is 2.60. The maximum atomic E-state index is 13.3. The van der Waals surface area contributed by atoms with Crippen molar-refractivity contribution in [3.63, 3.8) is 0 Å². The molecule has 2 unspecified atom stereocenters. The van der Waals surface area contributed by atoms with E-state index in [0.29, 0.717) is 12.1 Å². The number of aliphatic hydroxyl groups is 1. The molecule has 2 rings (SSSR count). The number of halogens is 1. The molecule has 1 aliphatic heterocycles. The summed E-state index contributed by atoms with van der Waals surface area (Å²) in [6.07, 6.45) is 0.675. The molecule has 0 saturated carbocycles. The van der Waals surface area contributed by atoms with Gasteiger partial charge < -0.3 is 16.2 Å². The molecule has 14 heavy (non-hydrogen) atoms. The fraction of sp³-hybridized carbons (Fsp3) is 0.400. The first-order chi connectivity index (χ1) is 6.72. The predicted molar refractivity (Wildman–Crippen MR) is 52.6 cm³/mol. The van der Waals surface area contributed by atoms with Gasteiger partial charge in [0.15, 0.2) is 0 Å². The van der Waals surface area contributed by atoms with Crippen LogP contribution in [-0.4, -0.2) is 23.8 Å². The maximum absolute atomic E-state index is 13.3. The average molecular weight is 196 g/mol. The monoisotopic (exact) mass is 196 g/mol. The summed E-state index contributed by atoms with van der Waals surface area (Å²) >= 11 is 0. The van der Waals surface area contributed by atoms with Crippen LogP contribution < -0.4 is 11.1 Å². The quantitative estimate of drug-likeness (QED) is 0.645. The normalized spacial score (nSPS) is 21.5. The van der Waals surface area contributed by atoms with Crippen LogP contribution in [0.4, 0.5) is 10.1 Å². The number of benzene rings is 1. The Labute approximate surface area is 81.7 Å². The van der Waals surface area contributed by atoms with Gasteiger partial charge in [-0.1, -0.05) is 12.1 Å². The minimum Gasteiger partial charge on any atom is -0.395 e. The van der Waals surface area contributed by atoms with Crippen molar-refractivity contribution >= 4 is 5.69 Å². The minimum atomic E-state index is -0.346. The zero-order chi connectivity index (χ0) is 10.1. The first-order valence-electron chi connectivity index (χ1n) is 4.62. The van der Waals surface area contributed by atoms with Gasteiger partial charge in [0.25, 0.3) is 0 Å². The van der Waals surface area contributed by atoms with Gasteiger partial charge in [-0.3, -0.25) is 0 Å². The molecule has 0 spiro atoms. The van der Waals surface area contributed by atoms with Crippen molar-refractivity contribution in [2.75, 3.05) is 11.9 Å². The van der Waals surface area contributed by atoms with Gasteiger partial charge in [-0.15, -0.1) is 0 Å². The summed E-state index contributed by atoms with van der Waals surface area (Å²) < 4.78 is 13.3. The number of aliphatic hydroxyl groups excluding tert-OH is 1. The van der Waals surface area contributed by atoms with Crippen molar-refractivity contribution in [3.05, 3.63) is 29.6 Å². The Bertz CT molecular complexity index is 343. The molecular weight excluding hydrogens is 183 g/mol. The molecule has 76 valence electrons. The molecule has 0 amide bonds. The number of nitrogens with two attached hydrogens (primary N) is 1. The Balaban J connectivity index is 2.22. The molecule has 0 fully saturated rings. The van der Waals surface area contributed by atoms with E-state index in [4.69, 9.17) is 10.8 Å². The third kappa shape index (κ3) is 1.47. The lowest BCUT2D eigenvalue weighted by Gasteiger charge is -2.17. The topological polar surface area (TPSA) is 58.3 Å². The van der Waals surface area contributed by atoms with Gasteiger partial charge in [-0.2, -0.15) is 0 Å². The van der Waals surface area contributed by atoms with Crippen molar-refractivity contribution in [2.45, 2.75) is 18.5 Å². The summed E-state index contributed by atoms with van der Waals surface area (Å²) in [4.78, 5) is 0. The van der Waals surface area contributed by atoms with Crippen LogP contribution in [-0.2, 0) is 6.42 Å². The van der Waals surface area contributed by atoms with Crippen molar-refractivity contribution < 1.29 is 9.50 Å². The predicted octanol–water partition coefficient (Wildman–Crippen LogP) is 0.482. The van der Waals surface area contributed by atoms with Crippen LogP contribution in [0.15, 0.2) is 18.2 Å². The minimum absolute atomic E-state index is 0.0631. The smallest absolute Gasteiger partial charge is 0.146 e. The van der Waals surface area contributed by atoms with E-state index in [0.717, 1.165) is 5.56 Å². The molecule has 4 N–H and O–H groups in total. The standard InChI is InChI=1S/C10H13FN2O/c11-7-3-1-2-6-4-9(8(12)5-14)13-10(6)7/h1-3,8-9,13-14H,4-5,12H2. The number of rotatable bonds is 2. The summed E-state index contributed by atoms with van der Waals surface area (Å²) in [6, 6.07) is 4.56. The van der Waals surface area contributed by atoms with Crippen LogP contribution >= 0.6 is 0 Å². The number of hydrogen-bond donors (Lipinski definition) is 3. The Morgan fingerprint density at radius 1 is 1.64 bits per heavy atom. The van der Waals surface area contributed by atoms with E-state index in [2.05, 4.69) is 5.32 Å². The van der Waals surface area contributed by atoms with Crippen molar-refractivity contribution in [1.82, 2.24) is 0 Å². The summed E-state index contributed by atoms with van der Waals surface area (Å²) in [5.41, 5.74) is 7.13. The number of para-hydroxylation sites is 1. The Kier molecular flexibility index (Phi) is 2.39. The molecule has 0 radical (unpaired) electrons. The van der Waals surface area contributed by atoms with E-state index in [-0.39, 0.29) is 24.5 Å². The number of anilines is 1. The lowest BCUT2D eigenvalue weighted by atomic mass is 10.1. The summed E-state index contributed by atoms with van der Waals surface area (Å²) in [6.45, 7) is -0.0900. The maximum Gasteiger partial charge on any atom is 0.146 e. The van der Waals surface area contributed by atoms with Crippen LogP contribution in [0.1, 0.15) is 5.56 Å². The van der Waals surface area contributed by atoms with E-state index in [1.807, 2.05) is 6.07 Å². The van der Waals surface area contributed by atoms with E-state index in [1.54, 1.807) is 6.07 Å². The molecule has 0 aromatic heterocycles. The van der Waals surface area contributed by atoms with Crippen molar-refractivity contribution in [3.8, 4) is 0 Å². The highest BCUT2D eigenvalue weighted by Crippen LogP contribution is 2.29. The lowest BCUT2D eigenvalue weighted by molar-refractivity contribution is 0.254. The number of nitrogens with one attached hydrogen (secondary N) is 1. The molecule has 1 aromatic rings. The Hall–Kier alpha value is -1.13. The highest BCUT2D eigenvalue weighted by atomic mass is 19.1. The van der Waals surface area contributed by atoms with Crippen LogP contribution in [0.3, 0.4) is 0 Å². The first-order valence-corrected chi connectivity index (χ1v) is 4.62. The second-order valence-corrected chi connectivity index (χ2v) is 3.58. The zero-order valence-corrected chi connectivity index (χ0v) is 7.70. The number of hydrogen-bond acceptors (Lipinski definition) is 3. The first kappa shape index (κ1) is 9.43. The van der Waals surface area contributed by atoms with Crippen LogP contribution in [0.2, 0.25) is 0 Å². The van der Waals surface area contributed by atoms with Gasteiger partial charge in [-0.05, 0) is 18.1 Å². The van der Waals surface area contributed by atoms with Crippen LogP contribution in [0.5, 0.6) is 0 Å². The van der Waals surface area contributed by atoms with Crippen molar-refractivity contribution in [2.24, 2.45) is 5.73 Å². The summed E-state index contributed by atoms with van der Waals surface area (Å²) in [5, 5.41) is 11.9. The highest BCUT2D eigenvalue weighted by molar-refractivity contribution is 5.58. The van der Waals surface area contributed by atoms with E-state index in [9.17, 15) is 4.39 Å². The fourth-order valence-electron chi connectivity index (χ4n) is 1.76. The molecule has 1 aliphatic rings. The third-order valence-electron chi connectivity index (χ3n) is 2.60. The Morgan fingerprint density at radius 3 is 3.07 bits per heavy atom. The lowest BCUT2D eigenvalue weighted by Crippen LogP contribution is -2.41. The SMILES string of the molecule is NC(CO)C1Cc2cccc(F)c2N1. The zero-order valence-electron chi connectivity index (χ0n) is 7.70. The molecule has 0 saturated heterocycles. The largest absolute Gasteiger partial charge is 0.395 e. The highest BCUT2D eigenvalue weighted by Gasteiger charge is 2.27.